The molecule has 0 bridgehead atoms. The Hall–Kier alpha value is -2.52. The molecule has 10 heteroatoms. The number of nitrogens with zero attached hydrogens (tertiary/aromatic N) is 3. The molecule has 1 saturated carbocycles. The van der Waals surface area contributed by atoms with Gasteiger partial charge in [-0.1, -0.05) is 0 Å². The molecule has 0 aromatic carbocycles. The van der Waals surface area contributed by atoms with Gasteiger partial charge < -0.3 is 20.7 Å². The van der Waals surface area contributed by atoms with E-state index < -0.39 is 36.4 Å². The van der Waals surface area contributed by atoms with E-state index in [0.29, 0.717) is 12.5 Å². The summed E-state index contributed by atoms with van der Waals surface area (Å²) in [4.78, 5) is 33.3. The molecule has 3 rings (SSSR count). The topological polar surface area (TPSA) is 110 Å². The van der Waals surface area contributed by atoms with Gasteiger partial charge >= 0.3 is 0 Å². The Balaban J connectivity index is 1.76. The number of alkyl halides is 2. The van der Waals surface area contributed by atoms with Crippen molar-refractivity contribution in [1.82, 2.24) is 15.3 Å². The summed E-state index contributed by atoms with van der Waals surface area (Å²) in [7, 11) is 0. The molecule has 2 fully saturated rings. The lowest BCUT2D eigenvalue weighted by Gasteiger charge is -2.39. The van der Waals surface area contributed by atoms with E-state index in [0.717, 1.165) is 12.8 Å². The highest BCUT2D eigenvalue weighted by atomic mass is 19.3. The highest BCUT2D eigenvalue weighted by molar-refractivity contribution is 5.93. The lowest BCUT2D eigenvalue weighted by molar-refractivity contribution is -0.119. The fraction of sp³-hybridized carbons (Fsp3) is 0.647. The van der Waals surface area contributed by atoms with Crippen molar-refractivity contribution in [3.8, 4) is 5.88 Å². The van der Waals surface area contributed by atoms with Crippen molar-refractivity contribution in [1.29, 1.82) is 0 Å². The molecule has 1 aromatic heterocycles. The molecule has 148 valence electrons. The maximum Gasteiger partial charge on any atom is 0.282 e. The minimum absolute atomic E-state index is 0.0191. The Morgan fingerprint density at radius 2 is 2.07 bits per heavy atom. The second kappa shape index (κ2) is 6.90. The summed E-state index contributed by atoms with van der Waals surface area (Å²) in [6.45, 7) is 2.80. The van der Waals surface area contributed by atoms with E-state index >= 15 is 0 Å². The summed E-state index contributed by atoms with van der Waals surface area (Å²) in [5, 5.41) is 2.67. The van der Waals surface area contributed by atoms with Crippen LogP contribution in [0, 0.1) is 5.92 Å². The zero-order valence-electron chi connectivity index (χ0n) is 15.3. The highest BCUT2D eigenvalue weighted by Crippen LogP contribution is 2.36. The van der Waals surface area contributed by atoms with Crippen LogP contribution in [0.25, 0.3) is 0 Å². The van der Waals surface area contributed by atoms with Crippen LogP contribution in [0.5, 0.6) is 5.88 Å². The van der Waals surface area contributed by atoms with Crippen molar-refractivity contribution in [2.45, 2.75) is 44.6 Å². The fourth-order valence-corrected chi connectivity index (χ4v) is 2.78. The second-order valence-electron chi connectivity index (χ2n) is 7.83. The smallest absolute Gasteiger partial charge is 0.282 e. The molecule has 2 aliphatic rings. The van der Waals surface area contributed by atoms with E-state index in [9.17, 15) is 18.4 Å². The quantitative estimate of drug-likeness (QED) is 0.696. The number of hydrogen-bond donors (Lipinski definition) is 2. The van der Waals surface area contributed by atoms with E-state index in [1.807, 2.05) is 0 Å². The zero-order chi connectivity index (χ0) is 19.8. The van der Waals surface area contributed by atoms with Gasteiger partial charge in [-0.05, 0) is 32.6 Å². The fourth-order valence-electron chi connectivity index (χ4n) is 2.78. The maximum atomic E-state index is 13.2. The van der Waals surface area contributed by atoms with Crippen LogP contribution in [-0.4, -0.2) is 52.9 Å². The molecule has 1 aliphatic heterocycles. The number of rotatable bonds is 8. The molecule has 1 aromatic rings. The third-order valence-corrected chi connectivity index (χ3v) is 4.32. The number of carbonyl (C=O) groups excluding carboxylic acids is 2. The van der Waals surface area contributed by atoms with Crippen LogP contribution >= 0.6 is 0 Å². The predicted molar refractivity (Wildman–Crippen MR) is 92.8 cm³/mol. The van der Waals surface area contributed by atoms with E-state index in [1.54, 1.807) is 13.8 Å². The first-order valence-corrected chi connectivity index (χ1v) is 8.78. The molecular weight excluding hydrogens is 360 g/mol. The van der Waals surface area contributed by atoms with E-state index in [2.05, 4.69) is 15.3 Å². The van der Waals surface area contributed by atoms with Crippen molar-refractivity contribution in [2.24, 2.45) is 11.7 Å². The minimum Gasteiger partial charge on any atom is -0.475 e. The Bertz CT molecular complexity index is 744. The first kappa shape index (κ1) is 19.2. The summed E-state index contributed by atoms with van der Waals surface area (Å²) >= 11 is 0. The summed E-state index contributed by atoms with van der Waals surface area (Å²) in [5.41, 5.74) is 4.30. The largest absolute Gasteiger partial charge is 0.475 e. The van der Waals surface area contributed by atoms with Crippen molar-refractivity contribution < 1.29 is 23.1 Å². The molecule has 2 amide bonds. The Labute approximate surface area is 155 Å². The van der Waals surface area contributed by atoms with Gasteiger partial charge in [0.15, 0.2) is 11.5 Å². The average molecular weight is 383 g/mol. The van der Waals surface area contributed by atoms with Crippen molar-refractivity contribution in [3.63, 3.8) is 0 Å². The van der Waals surface area contributed by atoms with Gasteiger partial charge in [-0.15, -0.1) is 0 Å². The third-order valence-electron chi connectivity index (χ3n) is 4.32. The van der Waals surface area contributed by atoms with Crippen LogP contribution in [0.1, 0.15) is 43.6 Å². The number of hydrogen-bond acceptors (Lipinski definition) is 6. The van der Waals surface area contributed by atoms with Crippen LogP contribution in [0.2, 0.25) is 0 Å². The number of nitrogens with two attached hydrogens (primary N) is 1. The monoisotopic (exact) mass is 383 g/mol. The molecule has 27 heavy (non-hydrogen) atoms. The Kier molecular flexibility index (Phi) is 4.92. The van der Waals surface area contributed by atoms with Gasteiger partial charge in [0.1, 0.15) is 0 Å². The number of amides is 2. The van der Waals surface area contributed by atoms with E-state index in [1.165, 1.54) is 11.1 Å². The number of ether oxygens (including phenoxy) is 1. The zero-order valence-corrected chi connectivity index (χ0v) is 15.3. The van der Waals surface area contributed by atoms with Crippen LogP contribution in [0.4, 0.5) is 14.6 Å². The first-order chi connectivity index (χ1) is 12.5. The van der Waals surface area contributed by atoms with Gasteiger partial charge in [0.25, 0.3) is 17.7 Å². The third kappa shape index (κ3) is 5.01. The molecule has 1 aliphatic carbocycles. The predicted octanol–water partition coefficient (Wildman–Crippen LogP) is 1.10. The van der Waals surface area contributed by atoms with Gasteiger partial charge in [-0.3, -0.25) is 9.59 Å². The number of nitrogens with one attached hydrogen (secondary N) is 1. The van der Waals surface area contributed by atoms with Crippen molar-refractivity contribution in [2.75, 3.05) is 24.6 Å². The average Bonchev–Trinajstić information content (AvgIpc) is 3.32. The molecule has 0 unspecified atom stereocenters. The molecule has 0 radical (unpaired) electrons. The SMILES string of the molecule is CC(C)(CC(N)=O)NC(=O)c1cnc(N2CC(F)(F)C2)c(OCC2CC2)n1. The maximum absolute atomic E-state index is 13.2. The summed E-state index contributed by atoms with van der Waals surface area (Å²) in [6.07, 6.45) is 3.27. The number of anilines is 1. The van der Waals surface area contributed by atoms with Crippen molar-refractivity contribution in [3.05, 3.63) is 11.9 Å². The van der Waals surface area contributed by atoms with Gasteiger partial charge in [0.2, 0.25) is 5.91 Å². The molecular formula is C17H23F2N5O3. The normalized spacial score (nSPS) is 18.6. The standard InChI is InChI=1S/C17H23F2N5O3/c1-16(2,5-12(20)25)23-14(26)11-6-21-13(24-8-17(18,19)9-24)15(22-11)27-7-10-3-4-10/h6,10H,3-5,7-9H2,1-2H3,(H2,20,25)(H,23,26). The van der Waals surface area contributed by atoms with E-state index in [-0.39, 0.29) is 23.8 Å². The molecule has 1 saturated heterocycles. The lowest BCUT2D eigenvalue weighted by Crippen LogP contribution is -2.56. The highest BCUT2D eigenvalue weighted by Gasteiger charge is 2.46. The van der Waals surface area contributed by atoms with Gasteiger partial charge in [-0.2, -0.15) is 0 Å². The first-order valence-electron chi connectivity index (χ1n) is 8.78. The van der Waals surface area contributed by atoms with E-state index in [4.69, 9.17) is 10.5 Å². The molecule has 3 N–H and O–H groups in total. The number of carbonyl (C=O) groups is 2. The summed E-state index contributed by atoms with van der Waals surface area (Å²) in [6, 6.07) is 0. The second-order valence-corrected chi connectivity index (χ2v) is 7.83. The van der Waals surface area contributed by atoms with Gasteiger partial charge in [-0.25, -0.2) is 18.7 Å². The minimum atomic E-state index is -2.76. The number of primary amides is 1. The Morgan fingerprint density at radius 1 is 1.41 bits per heavy atom. The van der Waals surface area contributed by atoms with Gasteiger partial charge in [0.05, 0.1) is 25.9 Å². The van der Waals surface area contributed by atoms with Crippen molar-refractivity contribution >= 4 is 17.6 Å². The van der Waals surface area contributed by atoms with Crippen LogP contribution in [0.3, 0.4) is 0 Å². The molecule has 0 atom stereocenters. The van der Waals surface area contributed by atoms with Crippen LogP contribution in [0.15, 0.2) is 6.20 Å². The Morgan fingerprint density at radius 3 is 2.63 bits per heavy atom. The number of halogens is 2. The lowest BCUT2D eigenvalue weighted by atomic mass is 10.00. The van der Waals surface area contributed by atoms with Crippen LogP contribution < -0.4 is 20.7 Å². The summed E-state index contributed by atoms with van der Waals surface area (Å²) in [5.74, 6) is -3.17. The molecule has 0 spiro atoms. The molecule has 8 nitrogen and oxygen atoms in total. The van der Waals surface area contributed by atoms with Crippen LogP contribution in [-0.2, 0) is 4.79 Å². The molecule has 2 heterocycles. The summed E-state index contributed by atoms with van der Waals surface area (Å²) < 4.78 is 32.0. The number of aromatic nitrogens is 2. The van der Waals surface area contributed by atoms with Gasteiger partial charge in [0, 0.05) is 12.0 Å².